The molecular weight excluding hydrogens is 528 g/mol. The highest BCUT2D eigenvalue weighted by molar-refractivity contribution is 7.66. The number of methoxy groups -OCH3 is 1. The third-order valence-electron chi connectivity index (χ3n) is 6.69. The van der Waals surface area contributed by atoms with Gasteiger partial charge in [0.1, 0.15) is 17.4 Å². The molecule has 1 atom stereocenters. The molecule has 2 aromatic carbocycles. The maximum absolute atomic E-state index is 13.4. The van der Waals surface area contributed by atoms with E-state index in [0.717, 1.165) is 40.9 Å². The van der Waals surface area contributed by atoms with Crippen LogP contribution in [0.4, 0.5) is 24.7 Å². The van der Waals surface area contributed by atoms with Gasteiger partial charge in [-0.25, -0.2) is 9.97 Å². The number of amides is 1. The maximum atomic E-state index is 13.4. The molecule has 1 aliphatic heterocycles. The predicted molar refractivity (Wildman–Crippen MR) is 150 cm³/mol. The Kier molecular flexibility index (Phi) is 8.51. The summed E-state index contributed by atoms with van der Waals surface area (Å²) in [6.07, 6.45) is -2.79. The van der Waals surface area contributed by atoms with Crippen molar-refractivity contribution < 1.29 is 22.7 Å². The number of benzene rings is 2. The number of nitrogens with zero attached hydrogens (tertiary/aromatic N) is 4. The van der Waals surface area contributed by atoms with Crippen LogP contribution in [0.5, 0.6) is 5.75 Å². The zero-order valence-corrected chi connectivity index (χ0v) is 23.7. The van der Waals surface area contributed by atoms with E-state index in [1.54, 1.807) is 21.0 Å². The average Bonchev–Trinajstić information content (AvgIpc) is 2.86. The van der Waals surface area contributed by atoms with Gasteiger partial charge in [0.2, 0.25) is 5.91 Å². The molecule has 1 fully saturated rings. The third-order valence-corrected chi connectivity index (χ3v) is 9.20. The molecule has 4 rings (SSSR count). The van der Waals surface area contributed by atoms with Crippen LogP contribution in [0.25, 0.3) is 10.9 Å². The molecule has 0 unspecified atom stereocenters. The number of hydrogen-bond donors (Lipinski definition) is 2. The van der Waals surface area contributed by atoms with Crippen molar-refractivity contribution in [2.75, 3.05) is 64.2 Å². The van der Waals surface area contributed by atoms with E-state index in [4.69, 9.17) is 10.5 Å². The van der Waals surface area contributed by atoms with Crippen molar-refractivity contribution in [1.29, 1.82) is 0 Å². The fourth-order valence-electron chi connectivity index (χ4n) is 4.73. The van der Waals surface area contributed by atoms with Crippen LogP contribution in [0.15, 0.2) is 30.3 Å². The first kappa shape index (κ1) is 28.8. The number of hydrogen-bond acceptors (Lipinski definition) is 7. The van der Waals surface area contributed by atoms with Crippen LogP contribution in [0, 0.1) is 6.92 Å². The number of alkyl halides is 3. The normalized spacial score (nSPS) is 15.6. The van der Waals surface area contributed by atoms with Crippen molar-refractivity contribution in [1.82, 2.24) is 19.8 Å². The smallest absolute Gasteiger partial charge is 0.416 e. The molecule has 12 heteroatoms. The molecule has 0 spiro atoms. The number of ether oxygens (including phenoxy) is 1. The fourth-order valence-corrected chi connectivity index (χ4v) is 7.18. The Balaban J connectivity index is 1.65. The van der Waals surface area contributed by atoms with Crippen LogP contribution in [-0.2, 0) is 11.0 Å². The number of aryl methyl sites for hydroxylation is 1. The molecule has 1 aromatic heterocycles. The van der Waals surface area contributed by atoms with Crippen LogP contribution in [0.3, 0.4) is 0 Å². The first-order chi connectivity index (χ1) is 18.3. The Hall–Kier alpha value is -3.17. The van der Waals surface area contributed by atoms with Crippen molar-refractivity contribution >= 4 is 41.5 Å². The highest BCUT2D eigenvalue weighted by Crippen LogP contribution is 2.42. The Bertz CT molecular complexity index is 1360. The molecule has 0 bridgehead atoms. The third kappa shape index (κ3) is 6.70. The number of halogens is 3. The van der Waals surface area contributed by atoms with E-state index >= 15 is 0 Å². The molecule has 39 heavy (non-hydrogen) atoms. The summed E-state index contributed by atoms with van der Waals surface area (Å²) >= 11 is 0. The molecule has 0 aliphatic carbocycles. The summed E-state index contributed by atoms with van der Waals surface area (Å²) in [7, 11) is 4.79. The highest BCUT2D eigenvalue weighted by atomic mass is 31.1. The van der Waals surface area contributed by atoms with E-state index in [1.807, 2.05) is 36.0 Å². The summed E-state index contributed by atoms with van der Waals surface area (Å²) in [4.78, 5) is 25.5. The molecule has 2 heterocycles. The van der Waals surface area contributed by atoms with Gasteiger partial charge in [0.05, 0.1) is 30.8 Å². The summed E-state index contributed by atoms with van der Waals surface area (Å²) in [5, 5.41) is 5.11. The number of carbonyl (C=O) groups excluding carboxylic acids is 1. The number of likely N-dealkylation sites (N-methyl/N-ethyl adjacent to an activating group) is 1. The van der Waals surface area contributed by atoms with Crippen LogP contribution >= 0.6 is 7.92 Å². The summed E-state index contributed by atoms with van der Waals surface area (Å²) in [5.41, 5.74) is 6.13. The molecule has 3 aromatic rings. The summed E-state index contributed by atoms with van der Waals surface area (Å²) in [6, 6.07) is 6.99. The molecular formula is C27H34F3N6O2P. The average molecular weight is 563 g/mol. The van der Waals surface area contributed by atoms with Crippen molar-refractivity contribution in [3.05, 3.63) is 47.3 Å². The number of anilines is 2. The van der Waals surface area contributed by atoms with E-state index in [0.29, 0.717) is 42.4 Å². The second-order valence-corrected chi connectivity index (χ2v) is 12.5. The second kappa shape index (κ2) is 11.5. The minimum Gasteiger partial charge on any atom is -0.496 e. The van der Waals surface area contributed by atoms with E-state index in [1.165, 1.54) is 6.07 Å². The van der Waals surface area contributed by atoms with Crippen molar-refractivity contribution in [3.8, 4) is 5.75 Å². The Morgan fingerprint density at radius 2 is 1.87 bits per heavy atom. The number of nitrogens with two attached hydrogens (primary N) is 1. The van der Waals surface area contributed by atoms with Gasteiger partial charge in [-0.2, -0.15) is 13.2 Å². The minimum absolute atomic E-state index is 0.0439. The number of aromatic nitrogens is 2. The number of nitrogens with one attached hydrogen (secondary N) is 1. The lowest BCUT2D eigenvalue weighted by atomic mass is 10.0. The Labute approximate surface area is 227 Å². The first-order valence-electron chi connectivity index (χ1n) is 12.6. The van der Waals surface area contributed by atoms with Gasteiger partial charge in [0.25, 0.3) is 0 Å². The van der Waals surface area contributed by atoms with E-state index in [9.17, 15) is 18.0 Å². The Morgan fingerprint density at radius 1 is 1.18 bits per heavy atom. The van der Waals surface area contributed by atoms with Crippen molar-refractivity contribution in [2.45, 2.75) is 26.1 Å². The van der Waals surface area contributed by atoms with Gasteiger partial charge in [-0.15, -0.1) is 0 Å². The Morgan fingerprint density at radius 3 is 2.49 bits per heavy atom. The topological polar surface area (TPSA) is 96.6 Å². The molecule has 210 valence electrons. The quantitative estimate of drug-likeness (QED) is 0.329. The van der Waals surface area contributed by atoms with Gasteiger partial charge >= 0.3 is 6.18 Å². The fraction of sp³-hybridized carbons (Fsp3) is 0.444. The number of fused-ring (bicyclic) bond motifs is 1. The van der Waals surface area contributed by atoms with Crippen LogP contribution in [-0.4, -0.2) is 78.8 Å². The first-order valence-corrected chi connectivity index (χ1v) is 14.3. The number of carbonyl (C=O) groups is 1. The maximum Gasteiger partial charge on any atom is 0.416 e. The SMILES string of the molecule is COc1cc2nc(C)nc(N[C@H](C)c3cc(N)cc(C(F)(F)F)c3)c2cc1P1CCN(C(=O)CN(C)C)CC1. The molecule has 0 saturated carbocycles. The number of rotatable bonds is 7. The van der Waals surface area contributed by atoms with Crippen molar-refractivity contribution in [2.24, 2.45) is 0 Å². The van der Waals surface area contributed by atoms with Gasteiger partial charge in [-0.05, 0) is 70.1 Å². The van der Waals surface area contributed by atoms with Crippen LogP contribution in [0.1, 0.15) is 29.9 Å². The van der Waals surface area contributed by atoms with Crippen LogP contribution in [0.2, 0.25) is 0 Å². The lowest BCUT2D eigenvalue weighted by molar-refractivity contribution is -0.137. The van der Waals surface area contributed by atoms with Gasteiger partial charge in [-0.3, -0.25) is 4.79 Å². The summed E-state index contributed by atoms with van der Waals surface area (Å²) in [5.74, 6) is 1.91. The van der Waals surface area contributed by atoms with E-state index in [2.05, 4.69) is 15.3 Å². The molecule has 8 nitrogen and oxygen atoms in total. The summed E-state index contributed by atoms with van der Waals surface area (Å²) in [6.45, 7) is 5.29. The van der Waals surface area contributed by atoms with E-state index in [-0.39, 0.29) is 11.6 Å². The molecule has 3 N–H and O–H groups in total. The lowest BCUT2D eigenvalue weighted by Gasteiger charge is -2.33. The zero-order chi connectivity index (χ0) is 28.5. The van der Waals surface area contributed by atoms with E-state index < -0.39 is 25.7 Å². The summed E-state index contributed by atoms with van der Waals surface area (Å²) < 4.78 is 45.9. The predicted octanol–water partition coefficient (Wildman–Crippen LogP) is 4.23. The molecule has 1 amide bonds. The van der Waals surface area contributed by atoms with Gasteiger partial charge in [0, 0.05) is 35.5 Å². The van der Waals surface area contributed by atoms with Gasteiger partial charge in [-0.1, -0.05) is 7.92 Å². The lowest BCUT2D eigenvalue weighted by Crippen LogP contribution is -2.43. The minimum atomic E-state index is -4.50. The molecule has 1 aliphatic rings. The van der Waals surface area contributed by atoms with Crippen LogP contribution < -0.4 is 21.1 Å². The largest absolute Gasteiger partial charge is 0.496 e. The van der Waals surface area contributed by atoms with Crippen molar-refractivity contribution in [3.63, 3.8) is 0 Å². The monoisotopic (exact) mass is 562 g/mol. The highest BCUT2D eigenvalue weighted by Gasteiger charge is 2.32. The molecule has 0 radical (unpaired) electrons. The molecule has 1 saturated heterocycles. The standard InChI is InChI=1S/C27H34F3N6O2P/c1-16(18-10-19(27(28,29)30)12-20(31)11-18)32-26-21-13-24(23(38-5)14-22(21)33-17(2)34-26)39-8-6-36(7-9-39)25(37)15-35(3)4/h10-14,16H,6-9,15,31H2,1-5H3,(H,32,33,34)/t16-/m1/s1. The number of nitrogen functional groups attached to an aromatic ring is 1. The van der Waals surface area contributed by atoms with Gasteiger partial charge in [0.15, 0.2) is 0 Å². The van der Waals surface area contributed by atoms with Gasteiger partial charge < -0.3 is 25.6 Å². The second-order valence-electron chi connectivity index (χ2n) is 10.0. The zero-order valence-electron chi connectivity index (χ0n) is 22.8.